The van der Waals surface area contributed by atoms with Gasteiger partial charge in [-0.05, 0) is 61.0 Å². The number of halogens is 2. The van der Waals surface area contributed by atoms with Gasteiger partial charge in [0.2, 0.25) is 11.9 Å². The smallest absolute Gasteiger partial charge is 0.262 e. The fourth-order valence-electron chi connectivity index (χ4n) is 4.91. The Morgan fingerprint density at radius 2 is 2.03 bits per heavy atom. The molecule has 1 aromatic carbocycles. The molecule has 1 aliphatic heterocycles. The van der Waals surface area contributed by atoms with E-state index < -0.39 is 37.4 Å². The van der Waals surface area contributed by atoms with E-state index in [0.717, 1.165) is 16.2 Å². The van der Waals surface area contributed by atoms with E-state index in [-0.39, 0.29) is 6.54 Å². The van der Waals surface area contributed by atoms with Crippen molar-refractivity contribution in [1.82, 2.24) is 29.5 Å². The second kappa shape index (κ2) is 10.5. The molecule has 13 heteroatoms. The van der Waals surface area contributed by atoms with Gasteiger partial charge in [0, 0.05) is 46.9 Å². The van der Waals surface area contributed by atoms with Gasteiger partial charge in [-0.25, -0.2) is 13.8 Å². The maximum atomic E-state index is 13.7. The Hall–Kier alpha value is -3.55. The Bertz CT molecular complexity index is 1470. The van der Waals surface area contributed by atoms with Crippen molar-refractivity contribution in [2.75, 3.05) is 30.3 Å². The number of aromatic nitrogens is 5. The highest BCUT2D eigenvalue weighted by Gasteiger charge is 2.45. The first kappa shape index (κ1) is 25.7. The SMILES string of the molecule is O=C(CN1CC(F)(F)CC1CO)Nc1ccc(Sc2nc(Nc3cc(C4CCC4)[nH]n3)n3cccc3n2)cc1. The highest BCUT2D eigenvalue weighted by Crippen LogP contribution is 2.36. The molecule has 39 heavy (non-hydrogen) atoms. The highest BCUT2D eigenvalue weighted by atomic mass is 32.2. The average Bonchev–Trinajstić information content (AvgIpc) is 3.58. The molecule has 4 aromatic rings. The van der Waals surface area contributed by atoms with Crippen molar-refractivity contribution in [3.05, 3.63) is 54.4 Å². The largest absolute Gasteiger partial charge is 0.395 e. The fraction of sp³-hybridized carbons (Fsp3) is 0.385. The number of anilines is 3. The summed E-state index contributed by atoms with van der Waals surface area (Å²) in [6.07, 6.45) is 5.06. The Kier molecular flexibility index (Phi) is 6.95. The van der Waals surface area contributed by atoms with E-state index in [9.17, 15) is 18.7 Å². The number of fused-ring (bicyclic) bond motifs is 1. The number of hydrogen-bond donors (Lipinski definition) is 4. The minimum Gasteiger partial charge on any atom is -0.395 e. The second-order valence-electron chi connectivity index (χ2n) is 10.0. The number of aliphatic hydroxyl groups is 1. The maximum absolute atomic E-state index is 13.7. The number of rotatable bonds is 9. The molecule has 1 amide bonds. The van der Waals surface area contributed by atoms with Crippen LogP contribution < -0.4 is 10.6 Å². The molecule has 0 spiro atoms. The number of benzene rings is 1. The highest BCUT2D eigenvalue weighted by molar-refractivity contribution is 7.99. The molecule has 2 aliphatic rings. The molecule has 1 atom stereocenters. The van der Waals surface area contributed by atoms with E-state index >= 15 is 0 Å². The number of aromatic amines is 1. The molecule has 1 unspecified atom stereocenters. The number of amides is 1. The molecule has 1 aliphatic carbocycles. The van der Waals surface area contributed by atoms with Gasteiger partial charge >= 0.3 is 0 Å². The lowest BCUT2D eigenvalue weighted by atomic mass is 9.83. The van der Waals surface area contributed by atoms with Gasteiger partial charge in [0.15, 0.2) is 11.0 Å². The molecule has 10 nitrogen and oxygen atoms in total. The predicted octanol–water partition coefficient (Wildman–Crippen LogP) is 4.26. The zero-order valence-corrected chi connectivity index (χ0v) is 21.8. The molecule has 4 N–H and O–H groups in total. The van der Waals surface area contributed by atoms with Gasteiger partial charge in [-0.15, -0.1) is 0 Å². The van der Waals surface area contributed by atoms with Crippen molar-refractivity contribution in [3.63, 3.8) is 0 Å². The topological polar surface area (TPSA) is 123 Å². The monoisotopic (exact) mass is 554 g/mol. The summed E-state index contributed by atoms with van der Waals surface area (Å²) in [4.78, 5) is 24.0. The third kappa shape index (κ3) is 5.75. The summed E-state index contributed by atoms with van der Waals surface area (Å²) in [6.45, 7) is -1.16. The minimum absolute atomic E-state index is 0.212. The van der Waals surface area contributed by atoms with E-state index in [1.165, 1.54) is 35.9 Å². The van der Waals surface area contributed by atoms with Crippen LogP contribution in [0.4, 0.5) is 26.2 Å². The van der Waals surface area contributed by atoms with Crippen LogP contribution in [0.2, 0.25) is 0 Å². The third-order valence-corrected chi connectivity index (χ3v) is 8.01. The van der Waals surface area contributed by atoms with E-state index in [1.807, 2.05) is 40.9 Å². The second-order valence-corrected chi connectivity index (χ2v) is 11.0. The van der Waals surface area contributed by atoms with Gasteiger partial charge < -0.3 is 15.7 Å². The number of alkyl halides is 2. The van der Waals surface area contributed by atoms with Crippen molar-refractivity contribution in [2.45, 2.75) is 53.6 Å². The van der Waals surface area contributed by atoms with Crippen LogP contribution >= 0.6 is 11.8 Å². The first-order valence-electron chi connectivity index (χ1n) is 12.8. The van der Waals surface area contributed by atoms with Crippen LogP contribution in [0.3, 0.4) is 0 Å². The Balaban J connectivity index is 1.11. The first-order chi connectivity index (χ1) is 18.8. The van der Waals surface area contributed by atoms with Crippen LogP contribution in [-0.4, -0.2) is 72.1 Å². The number of nitrogens with zero attached hydrogens (tertiary/aromatic N) is 5. The van der Waals surface area contributed by atoms with E-state index in [1.54, 1.807) is 12.1 Å². The van der Waals surface area contributed by atoms with E-state index in [0.29, 0.717) is 28.5 Å². The molecule has 0 radical (unpaired) electrons. The first-order valence-corrected chi connectivity index (χ1v) is 13.6. The predicted molar refractivity (Wildman–Crippen MR) is 143 cm³/mol. The summed E-state index contributed by atoms with van der Waals surface area (Å²) in [5.74, 6) is -1.47. The molecule has 1 saturated heterocycles. The summed E-state index contributed by atoms with van der Waals surface area (Å²) in [5, 5.41) is 23.5. The molecular formula is C26H28F2N8O2S. The summed E-state index contributed by atoms with van der Waals surface area (Å²) >= 11 is 1.37. The van der Waals surface area contributed by atoms with Crippen LogP contribution in [0.25, 0.3) is 5.65 Å². The lowest BCUT2D eigenvalue weighted by molar-refractivity contribution is -0.117. The fourth-order valence-corrected chi connectivity index (χ4v) is 5.67. The molecule has 0 bridgehead atoms. The summed E-state index contributed by atoms with van der Waals surface area (Å²) in [7, 11) is 0. The minimum atomic E-state index is -2.90. The average molecular weight is 555 g/mol. The third-order valence-electron chi connectivity index (χ3n) is 7.14. The van der Waals surface area contributed by atoms with E-state index in [4.69, 9.17) is 4.98 Å². The van der Waals surface area contributed by atoms with Crippen molar-refractivity contribution in [1.29, 1.82) is 0 Å². The van der Waals surface area contributed by atoms with Gasteiger partial charge in [0.1, 0.15) is 5.65 Å². The number of carbonyl (C=O) groups excluding carboxylic acids is 1. The van der Waals surface area contributed by atoms with Gasteiger partial charge in [-0.1, -0.05) is 6.42 Å². The van der Waals surface area contributed by atoms with Crippen LogP contribution in [0.15, 0.2) is 58.7 Å². The van der Waals surface area contributed by atoms with E-state index in [2.05, 4.69) is 25.8 Å². The maximum Gasteiger partial charge on any atom is 0.262 e. The Morgan fingerprint density at radius 1 is 1.21 bits per heavy atom. The molecule has 1 saturated carbocycles. The van der Waals surface area contributed by atoms with Crippen LogP contribution in [-0.2, 0) is 4.79 Å². The zero-order valence-electron chi connectivity index (χ0n) is 21.0. The lowest BCUT2D eigenvalue weighted by Crippen LogP contribution is -2.39. The van der Waals surface area contributed by atoms with Crippen LogP contribution in [0.1, 0.15) is 37.3 Å². The number of likely N-dealkylation sites (tertiary alicyclic amines) is 1. The lowest BCUT2D eigenvalue weighted by Gasteiger charge is -2.23. The Labute approximate surface area is 227 Å². The number of H-pyrrole nitrogens is 1. The number of carbonyl (C=O) groups is 1. The van der Waals surface area contributed by atoms with Gasteiger partial charge in [0.25, 0.3) is 5.92 Å². The van der Waals surface area contributed by atoms with Gasteiger partial charge in [-0.2, -0.15) is 10.1 Å². The van der Waals surface area contributed by atoms with Crippen molar-refractivity contribution in [3.8, 4) is 0 Å². The number of nitrogens with one attached hydrogen (secondary N) is 3. The van der Waals surface area contributed by atoms with Crippen LogP contribution in [0.5, 0.6) is 0 Å². The molecule has 6 rings (SSSR count). The summed E-state index contributed by atoms with van der Waals surface area (Å²) < 4.78 is 29.2. The zero-order chi connectivity index (χ0) is 27.0. The molecule has 4 heterocycles. The van der Waals surface area contributed by atoms with Crippen molar-refractivity contribution >= 4 is 40.8 Å². The Morgan fingerprint density at radius 3 is 2.77 bits per heavy atom. The molecule has 2 fully saturated rings. The molecule has 204 valence electrons. The van der Waals surface area contributed by atoms with Gasteiger partial charge in [-0.3, -0.25) is 19.2 Å². The number of hydrogen-bond acceptors (Lipinski definition) is 8. The quantitative estimate of drug-likeness (QED) is 0.242. The number of aliphatic hydroxyl groups excluding tert-OH is 1. The molecule has 3 aromatic heterocycles. The summed E-state index contributed by atoms with van der Waals surface area (Å²) in [5.41, 5.74) is 2.42. The standard InChI is InChI=1S/C26H28F2N8O2S/c27-26(28)12-18(14-37)35(15-26)13-23(38)29-17-6-8-19(9-7-17)39-25-31-22-5-2-10-36(22)24(32-25)30-21-11-20(33-34-21)16-3-1-4-16/h2,5-11,16,18,37H,1,3-4,12-15H2,(H,29,38)(H2,30,31,32,33,34). The van der Waals surface area contributed by atoms with Gasteiger partial charge in [0.05, 0.1) is 19.7 Å². The van der Waals surface area contributed by atoms with Crippen LogP contribution in [0, 0.1) is 0 Å². The molecular weight excluding hydrogens is 526 g/mol. The normalized spacial score (nSPS) is 19.3. The van der Waals surface area contributed by atoms with Crippen molar-refractivity contribution < 1.29 is 18.7 Å². The summed E-state index contributed by atoms with van der Waals surface area (Å²) in [6, 6.07) is 12.2. The van der Waals surface area contributed by atoms with Crippen molar-refractivity contribution in [2.24, 2.45) is 0 Å².